The Labute approximate surface area is 131 Å². The molecule has 1 amide bonds. The van der Waals surface area contributed by atoms with E-state index in [-0.39, 0.29) is 11.6 Å². The Morgan fingerprint density at radius 2 is 2.24 bits per heavy atom. The number of nitrogens with zero attached hydrogens (tertiary/aromatic N) is 2. The number of benzene rings is 1. The Balaban J connectivity index is 1.91. The van der Waals surface area contributed by atoms with Crippen LogP contribution in [0.2, 0.25) is 0 Å². The van der Waals surface area contributed by atoms with Gasteiger partial charge in [0.05, 0.1) is 9.40 Å². The lowest BCUT2D eigenvalue weighted by Gasteiger charge is -2.19. The fraction of sp³-hybridized carbons (Fsp3) is 0.500. The van der Waals surface area contributed by atoms with E-state index in [1.807, 2.05) is 0 Å². The average molecular weight is 356 g/mol. The molecule has 1 aromatic rings. The minimum Gasteiger partial charge on any atom is -0.351 e. The number of likely N-dealkylation sites (N-methyl/N-ethyl adjacent to an activating group) is 1. The molecule has 0 aliphatic heterocycles. The Hall–Kier alpha value is -1.47. The molecule has 1 N–H and O–H groups in total. The first-order valence-corrected chi connectivity index (χ1v) is 7.78. The summed E-state index contributed by atoms with van der Waals surface area (Å²) in [5.74, 6) is -0.280. The molecule has 0 saturated heterocycles. The van der Waals surface area contributed by atoms with Gasteiger partial charge in [0.2, 0.25) is 0 Å². The van der Waals surface area contributed by atoms with Gasteiger partial charge in [-0.05, 0) is 47.4 Å². The zero-order valence-corrected chi connectivity index (χ0v) is 13.4. The number of halogens is 1. The number of hydrogen-bond acceptors (Lipinski definition) is 4. The first-order valence-electron chi connectivity index (χ1n) is 6.99. The summed E-state index contributed by atoms with van der Waals surface area (Å²) in [6.45, 7) is 4.45. The molecule has 1 aliphatic carbocycles. The first kappa shape index (κ1) is 15.9. The molecule has 1 saturated carbocycles. The van der Waals surface area contributed by atoms with Crippen molar-refractivity contribution in [2.45, 2.75) is 25.8 Å². The summed E-state index contributed by atoms with van der Waals surface area (Å²) in [6, 6.07) is 5.05. The van der Waals surface area contributed by atoms with Crippen LogP contribution in [-0.2, 0) is 0 Å². The largest absolute Gasteiger partial charge is 0.351 e. The van der Waals surface area contributed by atoms with E-state index in [0.717, 1.165) is 13.1 Å². The van der Waals surface area contributed by atoms with E-state index in [0.29, 0.717) is 22.6 Å². The molecular formula is C14H18BrN3O3. The topological polar surface area (TPSA) is 75.5 Å². The molecule has 0 unspecified atom stereocenters. The van der Waals surface area contributed by atoms with Crippen LogP contribution in [0.3, 0.4) is 0 Å². The number of nitro benzene ring substituents is 1. The highest BCUT2D eigenvalue weighted by Crippen LogP contribution is 2.26. The highest BCUT2D eigenvalue weighted by Gasteiger charge is 2.27. The van der Waals surface area contributed by atoms with Gasteiger partial charge < -0.3 is 5.32 Å². The second-order valence-corrected chi connectivity index (χ2v) is 5.89. The number of nitro groups is 1. The minimum absolute atomic E-state index is 0.101. The summed E-state index contributed by atoms with van der Waals surface area (Å²) in [7, 11) is 0. The number of carbonyl (C=O) groups is 1. The maximum atomic E-state index is 12.0. The Kier molecular flexibility index (Phi) is 5.30. The number of nitrogens with one attached hydrogen (secondary N) is 1. The van der Waals surface area contributed by atoms with Gasteiger partial charge in [0.25, 0.3) is 11.6 Å². The second kappa shape index (κ2) is 7.00. The van der Waals surface area contributed by atoms with Crippen molar-refractivity contribution < 1.29 is 9.72 Å². The molecule has 2 rings (SSSR count). The molecule has 7 heteroatoms. The summed E-state index contributed by atoms with van der Waals surface area (Å²) in [5.41, 5.74) is 0.204. The molecule has 21 heavy (non-hydrogen) atoms. The zero-order chi connectivity index (χ0) is 15.4. The molecule has 0 spiro atoms. The van der Waals surface area contributed by atoms with Gasteiger partial charge in [-0.25, -0.2) is 0 Å². The summed E-state index contributed by atoms with van der Waals surface area (Å²) in [4.78, 5) is 24.7. The Morgan fingerprint density at radius 1 is 1.52 bits per heavy atom. The van der Waals surface area contributed by atoms with E-state index in [1.165, 1.54) is 25.0 Å². The number of amides is 1. The van der Waals surface area contributed by atoms with Gasteiger partial charge >= 0.3 is 0 Å². The smallest absolute Gasteiger partial charge is 0.284 e. The van der Waals surface area contributed by atoms with Crippen molar-refractivity contribution in [1.82, 2.24) is 10.2 Å². The third-order valence-electron chi connectivity index (χ3n) is 3.56. The van der Waals surface area contributed by atoms with Crippen molar-refractivity contribution in [3.05, 3.63) is 38.3 Å². The lowest BCUT2D eigenvalue weighted by molar-refractivity contribution is -0.385. The first-order chi connectivity index (χ1) is 10.0. The standard InChI is InChI=1S/C14H18BrN3O3/c1-2-17(11-4-5-11)8-7-16-14(19)10-3-6-12(15)13(9-10)18(20)21/h3,6,9,11H,2,4-5,7-8H2,1H3,(H,16,19). The maximum Gasteiger partial charge on any atom is 0.284 e. The summed E-state index contributed by atoms with van der Waals surface area (Å²) in [5, 5.41) is 13.7. The van der Waals surface area contributed by atoms with E-state index in [2.05, 4.69) is 33.1 Å². The normalized spacial score (nSPS) is 14.2. The third kappa shape index (κ3) is 4.25. The predicted molar refractivity (Wildman–Crippen MR) is 83.4 cm³/mol. The van der Waals surface area contributed by atoms with Gasteiger partial charge in [-0.1, -0.05) is 6.92 Å². The minimum atomic E-state index is -0.507. The Bertz CT molecular complexity index is 546. The van der Waals surface area contributed by atoms with Crippen LogP contribution in [0, 0.1) is 10.1 Å². The van der Waals surface area contributed by atoms with E-state index in [4.69, 9.17) is 0 Å². The highest BCUT2D eigenvalue weighted by atomic mass is 79.9. The molecule has 0 bridgehead atoms. The highest BCUT2D eigenvalue weighted by molar-refractivity contribution is 9.10. The molecule has 0 radical (unpaired) electrons. The number of rotatable bonds is 7. The zero-order valence-electron chi connectivity index (χ0n) is 11.8. The van der Waals surface area contributed by atoms with E-state index in [9.17, 15) is 14.9 Å². The van der Waals surface area contributed by atoms with Crippen molar-refractivity contribution in [3.8, 4) is 0 Å². The van der Waals surface area contributed by atoms with Crippen LogP contribution in [0.25, 0.3) is 0 Å². The van der Waals surface area contributed by atoms with Crippen LogP contribution >= 0.6 is 15.9 Å². The third-order valence-corrected chi connectivity index (χ3v) is 4.23. The molecule has 0 aromatic heterocycles. The fourth-order valence-corrected chi connectivity index (χ4v) is 2.64. The molecule has 1 aliphatic rings. The fourth-order valence-electron chi connectivity index (χ4n) is 2.25. The lowest BCUT2D eigenvalue weighted by Crippen LogP contribution is -2.36. The van der Waals surface area contributed by atoms with Crippen molar-refractivity contribution in [2.75, 3.05) is 19.6 Å². The van der Waals surface area contributed by atoms with Crippen LogP contribution in [0.4, 0.5) is 5.69 Å². The molecule has 1 fully saturated rings. The summed E-state index contributed by atoms with van der Waals surface area (Å²) in [6.07, 6.45) is 2.47. The van der Waals surface area contributed by atoms with Crippen molar-refractivity contribution >= 4 is 27.5 Å². The average Bonchev–Trinajstić information content (AvgIpc) is 3.28. The van der Waals surface area contributed by atoms with Gasteiger partial charge in [-0.15, -0.1) is 0 Å². The van der Waals surface area contributed by atoms with E-state index < -0.39 is 4.92 Å². The number of carbonyl (C=O) groups excluding carboxylic acids is 1. The van der Waals surface area contributed by atoms with Gasteiger partial charge in [0.1, 0.15) is 0 Å². The van der Waals surface area contributed by atoms with Gasteiger partial charge in [-0.2, -0.15) is 0 Å². The van der Waals surface area contributed by atoms with Crippen molar-refractivity contribution in [3.63, 3.8) is 0 Å². The van der Waals surface area contributed by atoms with Crippen LogP contribution < -0.4 is 5.32 Å². The predicted octanol–water partition coefficient (Wildman–Crippen LogP) is 2.57. The van der Waals surface area contributed by atoms with E-state index in [1.54, 1.807) is 6.07 Å². The van der Waals surface area contributed by atoms with Crippen LogP contribution in [0.15, 0.2) is 22.7 Å². The van der Waals surface area contributed by atoms with Gasteiger partial charge in [0, 0.05) is 30.8 Å². The monoisotopic (exact) mass is 355 g/mol. The van der Waals surface area contributed by atoms with Crippen LogP contribution in [-0.4, -0.2) is 41.4 Å². The second-order valence-electron chi connectivity index (χ2n) is 5.04. The Morgan fingerprint density at radius 3 is 2.81 bits per heavy atom. The van der Waals surface area contributed by atoms with Crippen molar-refractivity contribution in [2.24, 2.45) is 0 Å². The molecule has 0 heterocycles. The SMILES string of the molecule is CCN(CCNC(=O)c1ccc(Br)c([N+](=O)[O-])c1)C1CC1. The van der Waals surface area contributed by atoms with Crippen LogP contribution in [0.5, 0.6) is 0 Å². The lowest BCUT2D eigenvalue weighted by atomic mass is 10.2. The molecule has 0 atom stereocenters. The molecule has 6 nitrogen and oxygen atoms in total. The maximum absolute atomic E-state index is 12.0. The molecule has 1 aromatic carbocycles. The van der Waals surface area contributed by atoms with Gasteiger partial charge in [0.15, 0.2) is 0 Å². The molecule has 114 valence electrons. The van der Waals surface area contributed by atoms with Crippen LogP contribution in [0.1, 0.15) is 30.1 Å². The quantitative estimate of drug-likeness (QED) is 0.602. The molecular weight excluding hydrogens is 338 g/mol. The van der Waals surface area contributed by atoms with Gasteiger partial charge in [-0.3, -0.25) is 19.8 Å². The van der Waals surface area contributed by atoms with E-state index >= 15 is 0 Å². The number of hydrogen-bond donors (Lipinski definition) is 1. The van der Waals surface area contributed by atoms with Crippen molar-refractivity contribution in [1.29, 1.82) is 0 Å². The summed E-state index contributed by atoms with van der Waals surface area (Å²) < 4.78 is 0.370. The summed E-state index contributed by atoms with van der Waals surface area (Å²) >= 11 is 3.10.